The van der Waals surface area contributed by atoms with E-state index in [4.69, 9.17) is 25.3 Å². The van der Waals surface area contributed by atoms with Crippen LogP contribution in [0, 0.1) is 0 Å². The highest BCUT2D eigenvalue weighted by molar-refractivity contribution is 6.65. The van der Waals surface area contributed by atoms with Crippen molar-refractivity contribution in [1.82, 2.24) is 0 Å². The lowest BCUT2D eigenvalue weighted by atomic mass is 9.78. The van der Waals surface area contributed by atoms with E-state index >= 15 is 0 Å². The van der Waals surface area contributed by atoms with Crippen molar-refractivity contribution in [2.24, 2.45) is 0 Å². The number of para-hydroxylation sites is 1. The Hall–Kier alpha value is -1.49. The highest BCUT2D eigenvalue weighted by Crippen LogP contribution is 2.38. The van der Waals surface area contributed by atoms with Crippen molar-refractivity contribution < 1.29 is 13.7 Å². The Kier molecular flexibility index (Phi) is 3.12. The lowest BCUT2D eigenvalue weighted by Gasteiger charge is -2.32. The van der Waals surface area contributed by atoms with Gasteiger partial charge >= 0.3 is 7.12 Å². The fraction of sp³-hybridized carbons (Fsp3) is 0.333. The second kappa shape index (κ2) is 4.76. The molecular weight excluding hydrogens is 310 g/mol. The van der Waals surface area contributed by atoms with Crippen molar-refractivity contribution in [1.29, 1.82) is 0 Å². The first-order valence-corrected chi connectivity index (χ1v) is 8.13. The van der Waals surface area contributed by atoms with Gasteiger partial charge < -0.3 is 13.7 Å². The van der Waals surface area contributed by atoms with Crippen LogP contribution < -0.4 is 5.46 Å². The van der Waals surface area contributed by atoms with Gasteiger partial charge in [0.2, 0.25) is 0 Å². The number of hydrogen-bond donors (Lipinski definition) is 0. The summed E-state index contributed by atoms with van der Waals surface area (Å²) in [6, 6.07) is 11.7. The molecule has 0 radical (unpaired) electrons. The summed E-state index contributed by atoms with van der Waals surface area (Å²) < 4.78 is 18.4. The van der Waals surface area contributed by atoms with Crippen LogP contribution in [0.15, 0.2) is 40.8 Å². The van der Waals surface area contributed by atoms with Crippen LogP contribution in [0.25, 0.3) is 21.9 Å². The van der Waals surface area contributed by atoms with Gasteiger partial charge in [0, 0.05) is 21.3 Å². The molecule has 0 spiro atoms. The van der Waals surface area contributed by atoms with Gasteiger partial charge in [-0.3, -0.25) is 0 Å². The van der Waals surface area contributed by atoms with E-state index in [1.807, 2.05) is 64.1 Å². The summed E-state index contributed by atoms with van der Waals surface area (Å²) in [6.07, 6.45) is 0. The number of halogens is 1. The van der Waals surface area contributed by atoms with E-state index in [-0.39, 0.29) is 0 Å². The first kappa shape index (κ1) is 15.1. The Morgan fingerprint density at radius 3 is 2.26 bits per heavy atom. The standard InChI is InChI=1S/C18H18BClO3/c1-17(2)18(3,4)23-19(22-17)14-10-11(20)9-13-12-7-5-6-8-15(12)21-16(13)14/h5-10H,1-4H3. The van der Waals surface area contributed by atoms with Crippen LogP contribution in [-0.4, -0.2) is 18.3 Å². The Balaban J connectivity index is 1.94. The van der Waals surface area contributed by atoms with Crippen molar-refractivity contribution in [3.63, 3.8) is 0 Å². The van der Waals surface area contributed by atoms with Gasteiger partial charge in [-0.1, -0.05) is 29.8 Å². The number of benzene rings is 2. The Bertz CT molecular complexity index is 897. The summed E-state index contributed by atoms with van der Waals surface area (Å²) in [5.74, 6) is 0. The maximum absolute atomic E-state index is 6.35. The van der Waals surface area contributed by atoms with Gasteiger partial charge in [0.15, 0.2) is 0 Å². The minimum Gasteiger partial charge on any atom is -0.456 e. The van der Waals surface area contributed by atoms with E-state index in [1.54, 1.807) is 0 Å². The molecule has 1 fully saturated rings. The predicted octanol–water partition coefficient (Wildman–Crippen LogP) is 4.54. The van der Waals surface area contributed by atoms with E-state index in [1.165, 1.54) is 0 Å². The molecule has 0 amide bonds. The van der Waals surface area contributed by atoms with Crippen LogP contribution in [0.4, 0.5) is 0 Å². The molecule has 1 aliphatic heterocycles. The minimum absolute atomic E-state index is 0.404. The monoisotopic (exact) mass is 328 g/mol. The molecule has 1 saturated heterocycles. The highest BCUT2D eigenvalue weighted by Gasteiger charge is 2.52. The van der Waals surface area contributed by atoms with Gasteiger partial charge in [-0.15, -0.1) is 0 Å². The molecule has 0 atom stereocenters. The van der Waals surface area contributed by atoms with E-state index in [0.717, 1.165) is 27.4 Å². The SMILES string of the molecule is CC1(C)OB(c2cc(Cl)cc3c2oc2ccccc23)OC1(C)C. The third-order valence-corrected chi connectivity index (χ3v) is 5.20. The van der Waals surface area contributed by atoms with Crippen LogP contribution in [-0.2, 0) is 9.31 Å². The molecule has 2 aromatic carbocycles. The Morgan fingerprint density at radius 1 is 0.913 bits per heavy atom. The van der Waals surface area contributed by atoms with E-state index < -0.39 is 18.3 Å². The molecule has 0 N–H and O–H groups in total. The van der Waals surface area contributed by atoms with Crippen molar-refractivity contribution in [2.45, 2.75) is 38.9 Å². The van der Waals surface area contributed by atoms with Crippen LogP contribution in [0.3, 0.4) is 0 Å². The Morgan fingerprint density at radius 2 is 1.57 bits per heavy atom. The fourth-order valence-corrected chi connectivity index (χ4v) is 3.19. The summed E-state index contributed by atoms with van der Waals surface area (Å²) in [4.78, 5) is 0. The van der Waals surface area contributed by atoms with Gasteiger partial charge in [-0.2, -0.15) is 0 Å². The van der Waals surface area contributed by atoms with Crippen molar-refractivity contribution >= 4 is 46.1 Å². The molecule has 5 heteroatoms. The molecule has 0 aliphatic carbocycles. The third kappa shape index (κ3) is 2.20. The molecule has 1 aliphatic rings. The smallest absolute Gasteiger partial charge is 0.456 e. The first-order valence-electron chi connectivity index (χ1n) is 7.75. The summed E-state index contributed by atoms with van der Waals surface area (Å²) in [5, 5.41) is 2.68. The molecule has 0 saturated carbocycles. The maximum atomic E-state index is 6.35. The van der Waals surface area contributed by atoms with E-state index in [9.17, 15) is 0 Å². The summed E-state index contributed by atoms with van der Waals surface area (Å²) >= 11 is 6.35. The van der Waals surface area contributed by atoms with E-state index in [2.05, 4.69) is 0 Å². The summed E-state index contributed by atoms with van der Waals surface area (Å²) in [6.45, 7) is 8.14. The molecule has 3 nitrogen and oxygen atoms in total. The second-order valence-corrected chi connectivity index (χ2v) is 7.49. The lowest BCUT2D eigenvalue weighted by molar-refractivity contribution is 0.00578. The molecule has 0 unspecified atom stereocenters. The maximum Gasteiger partial charge on any atom is 0.498 e. The van der Waals surface area contributed by atoms with Crippen molar-refractivity contribution in [3.05, 3.63) is 41.4 Å². The molecule has 3 aromatic rings. The van der Waals surface area contributed by atoms with Gasteiger partial charge in [0.25, 0.3) is 0 Å². The molecule has 2 heterocycles. The molecule has 1 aromatic heterocycles. The number of furan rings is 1. The summed E-state index contributed by atoms with van der Waals surface area (Å²) in [7, 11) is -0.498. The zero-order valence-corrected chi connectivity index (χ0v) is 14.4. The normalized spacial score (nSPS) is 19.8. The Labute approximate surface area is 140 Å². The number of hydrogen-bond acceptors (Lipinski definition) is 3. The van der Waals surface area contributed by atoms with Crippen LogP contribution in [0.2, 0.25) is 5.02 Å². The average Bonchev–Trinajstić information content (AvgIpc) is 2.93. The molecule has 23 heavy (non-hydrogen) atoms. The second-order valence-electron chi connectivity index (χ2n) is 7.06. The quantitative estimate of drug-likeness (QED) is 0.615. The third-order valence-electron chi connectivity index (χ3n) is 4.98. The van der Waals surface area contributed by atoms with Crippen LogP contribution in [0.1, 0.15) is 27.7 Å². The topological polar surface area (TPSA) is 31.6 Å². The van der Waals surface area contributed by atoms with Crippen molar-refractivity contribution in [3.8, 4) is 0 Å². The predicted molar refractivity (Wildman–Crippen MR) is 94.4 cm³/mol. The highest BCUT2D eigenvalue weighted by atomic mass is 35.5. The van der Waals surface area contributed by atoms with Crippen molar-refractivity contribution in [2.75, 3.05) is 0 Å². The first-order chi connectivity index (χ1) is 10.8. The zero-order chi connectivity index (χ0) is 16.4. The average molecular weight is 329 g/mol. The zero-order valence-electron chi connectivity index (χ0n) is 13.6. The number of fused-ring (bicyclic) bond motifs is 3. The van der Waals surface area contributed by atoms with E-state index in [0.29, 0.717) is 5.02 Å². The largest absolute Gasteiger partial charge is 0.498 e. The van der Waals surface area contributed by atoms with Crippen LogP contribution in [0.5, 0.6) is 0 Å². The minimum atomic E-state index is -0.498. The van der Waals surface area contributed by atoms with Crippen LogP contribution >= 0.6 is 11.6 Å². The lowest BCUT2D eigenvalue weighted by Crippen LogP contribution is -2.41. The molecule has 4 rings (SSSR count). The molecule has 118 valence electrons. The van der Waals surface area contributed by atoms with Gasteiger partial charge in [0.05, 0.1) is 11.2 Å². The molecular formula is C18H18BClO3. The molecule has 0 bridgehead atoms. The van der Waals surface area contributed by atoms with Gasteiger partial charge in [-0.05, 0) is 45.9 Å². The van der Waals surface area contributed by atoms with Gasteiger partial charge in [-0.25, -0.2) is 0 Å². The fourth-order valence-electron chi connectivity index (χ4n) is 2.96. The summed E-state index contributed by atoms with van der Waals surface area (Å²) in [5.41, 5.74) is 1.63. The van der Waals surface area contributed by atoms with Gasteiger partial charge in [0.1, 0.15) is 11.2 Å². The number of rotatable bonds is 1.